The number of imidazole rings is 1. The van der Waals surface area contributed by atoms with Crippen LogP contribution < -0.4 is 10.2 Å². The lowest BCUT2D eigenvalue weighted by atomic mass is 10.1. The molecule has 2 aromatic rings. The quantitative estimate of drug-likeness (QED) is 0.800. The fourth-order valence-corrected chi connectivity index (χ4v) is 3.51. The molecule has 0 bridgehead atoms. The van der Waals surface area contributed by atoms with E-state index < -0.39 is 6.03 Å². The Morgan fingerprint density at radius 3 is 3.00 bits per heavy atom. The Kier molecular flexibility index (Phi) is 5.61. The van der Waals surface area contributed by atoms with E-state index in [1.807, 2.05) is 6.07 Å². The molecule has 0 radical (unpaired) electrons. The molecule has 1 aromatic carbocycles. The molecule has 6 nitrogen and oxygen atoms in total. The molecule has 3 rings (SSSR count). The van der Waals surface area contributed by atoms with Crippen LogP contribution >= 0.6 is 11.6 Å². The number of fused-ring (bicyclic) bond motifs is 3. The van der Waals surface area contributed by atoms with E-state index in [1.54, 1.807) is 13.1 Å². The molecule has 1 aromatic heterocycles. The number of nitrogens with zero attached hydrogens (tertiary/aromatic N) is 4. The standard InChI is InChI=1S/C19H24ClN5O/c1-4-6-14-7-8-15(20)16-17(14)25-11-5-10-24(19(25)23-16)12-9-21-18(26)22-13(2)3/h7-9H,2,4-6,10-12H2,1,3H3,(H,22,26)/b21-9-. The average molecular weight is 374 g/mol. The Morgan fingerprint density at radius 1 is 1.46 bits per heavy atom. The summed E-state index contributed by atoms with van der Waals surface area (Å²) in [6.45, 7) is 9.85. The molecule has 0 unspecified atom stereocenters. The number of hydrogen-bond donors (Lipinski definition) is 1. The maximum atomic E-state index is 11.6. The van der Waals surface area contributed by atoms with Crippen LogP contribution in [0.3, 0.4) is 0 Å². The van der Waals surface area contributed by atoms with Gasteiger partial charge in [0.2, 0.25) is 5.95 Å². The number of urea groups is 1. The summed E-state index contributed by atoms with van der Waals surface area (Å²) >= 11 is 6.41. The summed E-state index contributed by atoms with van der Waals surface area (Å²) in [4.78, 5) is 22.5. The lowest BCUT2D eigenvalue weighted by Crippen LogP contribution is -2.34. The first kappa shape index (κ1) is 18.5. The molecule has 2 amide bonds. The zero-order valence-electron chi connectivity index (χ0n) is 15.3. The number of hydrogen-bond acceptors (Lipinski definition) is 3. The van der Waals surface area contributed by atoms with Crippen molar-refractivity contribution in [1.82, 2.24) is 14.9 Å². The van der Waals surface area contributed by atoms with E-state index in [1.165, 1.54) is 5.56 Å². The number of amides is 2. The van der Waals surface area contributed by atoms with E-state index in [2.05, 4.69) is 39.3 Å². The number of aliphatic imine (C=N–C) groups is 1. The van der Waals surface area contributed by atoms with Gasteiger partial charge in [-0.1, -0.05) is 37.6 Å². The number of aromatic nitrogens is 2. The van der Waals surface area contributed by atoms with E-state index >= 15 is 0 Å². The van der Waals surface area contributed by atoms with E-state index in [9.17, 15) is 4.79 Å². The van der Waals surface area contributed by atoms with Gasteiger partial charge in [-0.3, -0.25) is 0 Å². The first-order valence-electron chi connectivity index (χ1n) is 8.92. The van der Waals surface area contributed by atoms with Gasteiger partial charge in [0.15, 0.2) is 0 Å². The molecule has 2 heterocycles. The molecule has 0 aliphatic carbocycles. The molecule has 1 N–H and O–H groups in total. The predicted octanol–water partition coefficient (Wildman–Crippen LogP) is 4.17. The normalized spacial score (nSPS) is 14.0. The number of aryl methyl sites for hydroxylation is 2. The van der Waals surface area contributed by atoms with Crippen molar-refractivity contribution in [2.24, 2.45) is 4.99 Å². The maximum absolute atomic E-state index is 11.6. The SMILES string of the molecule is C=C(C)NC(=O)/N=C\CN1CCCn2c1nc1c(Cl)ccc(CCC)c12. The molecule has 0 spiro atoms. The largest absolute Gasteiger partial charge is 0.344 e. The van der Waals surface area contributed by atoms with Gasteiger partial charge >= 0.3 is 6.03 Å². The van der Waals surface area contributed by atoms with Crippen LogP contribution in [0.25, 0.3) is 11.0 Å². The highest BCUT2D eigenvalue weighted by atomic mass is 35.5. The number of carbonyl (C=O) groups excluding carboxylic acids is 1. The van der Waals surface area contributed by atoms with E-state index in [-0.39, 0.29) is 0 Å². The lowest BCUT2D eigenvalue weighted by Gasteiger charge is -2.28. The number of halogens is 1. The van der Waals surface area contributed by atoms with Crippen LogP contribution in [-0.2, 0) is 13.0 Å². The predicted molar refractivity (Wildman–Crippen MR) is 107 cm³/mol. The fourth-order valence-electron chi connectivity index (χ4n) is 3.32. The van der Waals surface area contributed by atoms with Crippen LogP contribution in [0.15, 0.2) is 29.4 Å². The first-order chi connectivity index (χ1) is 12.5. The molecule has 138 valence electrons. The van der Waals surface area contributed by atoms with Crippen LogP contribution in [0.4, 0.5) is 10.7 Å². The van der Waals surface area contributed by atoms with Gasteiger partial charge in [-0.15, -0.1) is 0 Å². The minimum Gasteiger partial charge on any atom is -0.337 e. The second-order valence-corrected chi connectivity index (χ2v) is 6.95. The third kappa shape index (κ3) is 3.75. The van der Waals surface area contributed by atoms with Gasteiger partial charge < -0.3 is 14.8 Å². The highest BCUT2D eigenvalue weighted by molar-refractivity contribution is 6.35. The van der Waals surface area contributed by atoms with E-state index in [0.717, 1.165) is 49.3 Å². The second-order valence-electron chi connectivity index (χ2n) is 6.54. The van der Waals surface area contributed by atoms with Gasteiger partial charge in [0, 0.05) is 25.0 Å². The highest BCUT2D eigenvalue weighted by Crippen LogP contribution is 2.33. The molecule has 0 atom stereocenters. The molecule has 0 fully saturated rings. The minimum absolute atomic E-state index is 0.406. The van der Waals surface area contributed by atoms with Gasteiger partial charge in [-0.2, -0.15) is 0 Å². The number of anilines is 1. The number of allylic oxidation sites excluding steroid dienone is 1. The maximum Gasteiger partial charge on any atom is 0.344 e. The lowest BCUT2D eigenvalue weighted by molar-refractivity contribution is 0.251. The van der Waals surface area contributed by atoms with Crippen molar-refractivity contribution in [3.63, 3.8) is 0 Å². The summed E-state index contributed by atoms with van der Waals surface area (Å²) in [6.07, 6.45) is 4.71. The van der Waals surface area contributed by atoms with Crippen LogP contribution in [0.5, 0.6) is 0 Å². The number of rotatable bonds is 5. The van der Waals surface area contributed by atoms with Gasteiger partial charge in [0.1, 0.15) is 5.52 Å². The highest BCUT2D eigenvalue weighted by Gasteiger charge is 2.23. The summed E-state index contributed by atoms with van der Waals surface area (Å²) < 4.78 is 2.25. The van der Waals surface area contributed by atoms with Crippen molar-refractivity contribution >= 4 is 40.8 Å². The molecule has 0 saturated carbocycles. The minimum atomic E-state index is -0.406. The summed E-state index contributed by atoms with van der Waals surface area (Å²) in [5.41, 5.74) is 3.85. The van der Waals surface area contributed by atoms with Gasteiger partial charge in [-0.25, -0.2) is 14.8 Å². The molecular weight excluding hydrogens is 350 g/mol. The van der Waals surface area contributed by atoms with Gasteiger partial charge in [0.05, 0.1) is 17.1 Å². The Labute approximate surface area is 158 Å². The molecule has 0 saturated heterocycles. The summed E-state index contributed by atoms with van der Waals surface area (Å²) in [5.74, 6) is 0.892. The molecule has 7 heteroatoms. The van der Waals surface area contributed by atoms with Gasteiger partial charge in [-0.05, 0) is 31.4 Å². The molecule has 1 aliphatic heterocycles. The van der Waals surface area contributed by atoms with E-state index in [4.69, 9.17) is 16.6 Å². The third-order valence-corrected chi connectivity index (χ3v) is 4.66. The van der Waals surface area contributed by atoms with Crippen molar-refractivity contribution < 1.29 is 4.79 Å². The van der Waals surface area contributed by atoms with Crippen molar-refractivity contribution in [2.75, 3.05) is 18.0 Å². The smallest absolute Gasteiger partial charge is 0.337 e. The van der Waals surface area contributed by atoms with Crippen LogP contribution in [-0.4, -0.2) is 34.9 Å². The van der Waals surface area contributed by atoms with Crippen LogP contribution in [0.2, 0.25) is 5.02 Å². The Hall–Kier alpha value is -2.34. The number of benzene rings is 1. The second kappa shape index (κ2) is 7.91. The Balaban J connectivity index is 1.89. The summed E-state index contributed by atoms with van der Waals surface area (Å²) in [5, 5.41) is 3.24. The summed E-state index contributed by atoms with van der Waals surface area (Å²) in [7, 11) is 0. The fraction of sp³-hybridized carbons (Fsp3) is 0.421. The summed E-state index contributed by atoms with van der Waals surface area (Å²) in [6, 6.07) is 3.63. The molecule has 26 heavy (non-hydrogen) atoms. The number of carbonyl (C=O) groups is 1. The zero-order valence-corrected chi connectivity index (χ0v) is 16.0. The Bertz CT molecular complexity index is 870. The van der Waals surface area contributed by atoms with Crippen molar-refractivity contribution in [3.05, 3.63) is 35.0 Å². The topological polar surface area (TPSA) is 62.5 Å². The monoisotopic (exact) mass is 373 g/mol. The average Bonchev–Trinajstić information content (AvgIpc) is 2.98. The molecular formula is C19H24ClN5O. The van der Waals surface area contributed by atoms with Crippen molar-refractivity contribution in [2.45, 2.75) is 39.7 Å². The van der Waals surface area contributed by atoms with Crippen LogP contribution in [0, 0.1) is 0 Å². The molecule has 1 aliphatic rings. The first-order valence-corrected chi connectivity index (χ1v) is 9.30. The van der Waals surface area contributed by atoms with Crippen molar-refractivity contribution in [3.8, 4) is 0 Å². The Morgan fingerprint density at radius 2 is 2.27 bits per heavy atom. The number of nitrogens with one attached hydrogen (secondary N) is 1. The van der Waals surface area contributed by atoms with Gasteiger partial charge in [0.25, 0.3) is 0 Å². The van der Waals surface area contributed by atoms with Crippen LogP contribution in [0.1, 0.15) is 32.3 Å². The third-order valence-electron chi connectivity index (χ3n) is 4.35. The van der Waals surface area contributed by atoms with Crippen molar-refractivity contribution in [1.29, 1.82) is 0 Å². The zero-order chi connectivity index (χ0) is 18.7. The van der Waals surface area contributed by atoms with E-state index in [0.29, 0.717) is 17.3 Å².